The minimum atomic E-state index is -0.890. The average Bonchev–Trinajstić information content (AvgIpc) is 2.29. The highest BCUT2D eigenvalue weighted by Gasteiger charge is 2.13. The fourth-order valence-electron chi connectivity index (χ4n) is 2.29. The molecular formula is C16H24BrNO2. The van der Waals surface area contributed by atoms with E-state index in [0.717, 1.165) is 29.7 Å². The van der Waals surface area contributed by atoms with E-state index in [4.69, 9.17) is 5.11 Å². The van der Waals surface area contributed by atoms with Gasteiger partial charge < -0.3 is 5.11 Å². The van der Waals surface area contributed by atoms with Crippen LogP contribution in [-0.4, -0.2) is 29.1 Å². The Balaban J connectivity index is 2.84. The first-order chi connectivity index (χ1) is 9.29. The quantitative estimate of drug-likeness (QED) is 0.805. The van der Waals surface area contributed by atoms with Crippen LogP contribution in [0.2, 0.25) is 0 Å². The lowest BCUT2D eigenvalue weighted by Gasteiger charge is -2.26. The molecule has 3 nitrogen and oxygen atoms in total. The zero-order valence-corrected chi connectivity index (χ0v) is 14.3. The van der Waals surface area contributed by atoms with Crippen molar-refractivity contribution in [2.45, 2.75) is 34.2 Å². The van der Waals surface area contributed by atoms with Gasteiger partial charge in [-0.05, 0) is 29.5 Å². The van der Waals surface area contributed by atoms with E-state index >= 15 is 0 Å². The zero-order valence-electron chi connectivity index (χ0n) is 12.7. The number of hydrogen-bond acceptors (Lipinski definition) is 2. The van der Waals surface area contributed by atoms with E-state index in [1.54, 1.807) is 12.1 Å². The number of benzene rings is 1. The van der Waals surface area contributed by atoms with E-state index < -0.39 is 5.97 Å². The molecule has 0 bridgehead atoms. The summed E-state index contributed by atoms with van der Waals surface area (Å²) >= 11 is 3.49. The standard InChI is InChI=1S/C16H24BrNO2/c1-11(2)8-18(9-12(3)4)10-14-6-5-13(16(19)20)7-15(14)17/h5-7,11-12H,8-10H2,1-4H3,(H,19,20). The molecule has 0 aliphatic heterocycles. The van der Waals surface area contributed by atoms with Crippen LogP contribution in [0.4, 0.5) is 0 Å². The molecule has 0 saturated carbocycles. The van der Waals surface area contributed by atoms with Crippen molar-refractivity contribution in [3.8, 4) is 0 Å². The van der Waals surface area contributed by atoms with Crippen LogP contribution in [0.25, 0.3) is 0 Å². The van der Waals surface area contributed by atoms with Gasteiger partial charge in [0.15, 0.2) is 0 Å². The SMILES string of the molecule is CC(C)CN(Cc1ccc(C(=O)O)cc1Br)CC(C)C. The highest BCUT2D eigenvalue weighted by atomic mass is 79.9. The second-order valence-corrected chi connectivity index (χ2v) is 6.95. The lowest BCUT2D eigenvalue weighted by atomic mass is 10.1. The Morgan fingerprint density at radius 2 is 1.75 bits per heavy atom. The predicted octanol–water partition coefficient (Wildman–Crippen LogP) is 4.26. The van der Waals surface area contributed by atoms with E-state index in [9.17, 15) is 4.79 Å². The van der Waals surface area contributed by atoms with Gasteiger partial charge in [0.2, 0.25) is 0 Å². The average molecular weight is 342 g/mol. The number of halogens is 1. The maximum absolute atomic E-state index is 10.9. The fourth-order valence-corrected chi connectivity index (χ4v) is 2.79. The number of nitrogens with zero attached hydrogens (tertiary/aromatic N) is 1. The Bertz CT molecular complexity index is 448. The van der Waals surface area contributed by atoms with Gasteiger partial charge >= 0.3 is 5.97 Å². The molecule has 112 valence electrons. The summed E-state index contributed by atoms with van der Waals surface area (Å²) in [5.41, 5.74) is 1.45. The molecular weight excluding hydrogens is 318 g/mol. The second-order valence-electron chi connectivity index (χ2n) is 6.09. The Labute approximate surface area is 130 Å². The van der Waals surface area contributed by atoms with Gasteiger partial charge in [0.05, 0.1) is 5.56 Å². The first kappa shape index (κ1) is 17.2. The number of carboxylic acid groups (broad SMARTS) is 1. The number of rotatable bonds is 7. The lowest BCUT2D eigenvalue weighted by Crippen LogP contribution is -2.31. The second kappa shape index (κ2) is 7.79. The number of aromatic carboxylic acids is 1. The van der Waals surface area contributed by atoms with Gasteiger partial charge in [-0.2, -0.15) is 0 Å². The monoisotopic (exact) mass is 341 g/mol. The molecule has 0 spiro atoms. The van der Waals surface area contributed by atoms with Gasteiger partial charge in [-0.25, -0.2) is 4.79 Å². The van der Waals surface area contributed by atoms with Crippen LogP contribution < -0.4 is 0 Å². The Morgan fingerprint density at radius 3 is 2.15 bits per heavy atom. The Morgan fingerprint density at radius 1 is 1.20 bits per heavy atom. The number of carboxylic acids is 1. The van der Waals surface area contributed by atoms with Gasteiger partial charge in [0, 0.05) is 24.1 Å². The maximum Gasteiger partial charge on any atom is 0.335 e. The molecule has 1 aromatic rings. The van der Waals surface area contributed by atoms with Crippen LogP contribution in [-0.2, 0) is 6.54 Å². The summed E-state index contributed by atoms with van der Waals surface area (Å²) in [5.74, 6) is 0.343. The molecule has 0 amide bonds. The highest BCUT2D eigenvalue weighted by molar-refractivity contribution is 9.10. The van der Waals surface area contributed by atoms with E-state index in [0.29, 0.717) is 17.4 Å². The first-order valence-corrected chi connectivity index (χ1v) is 7.83. The summed E-state index contributed by atoms with van der Waals surface area (Å²) < 4.78 is 0.870. The molecule has 1 aromatic carbocycles. The molecule has 1 rings (SSSR count). The summed E-state index contributed by atoms with van der Waals surface area (Å²) in [6.45, 7) is 11.8. The maximum atomic E-state index is 10.9. The van der Waals surface area contributed by atoms with Crippen LogP contribution in [0.15, 0.2) is 22.7 Å². The van der Waals surface area contributed by atoms with Crippen molar-refractivity contribution < 1.29 is 9.90 Å². The van der Waals surface area contributed by atoms with Crippen molar-refractivity contribution in [3.63, 3.8) is 0 Å². The predicted molar refractivity (Wildman–Crippen MR) is 86.1 cm³/mol. The van der Waals surface area contributed by atoms with Crippen molar-refractivity contribution >= 4 is 21.9 Å². The van der Waals surface area contributed by atoms with Crippen molar-refractivity contribution in [1.29, 1.82) is 0 Å². The van der Waals surface area contributed by atoms with Gasteiger partial charge in [0.25, 0.3) is 0 Å². The topological polar surface area (TPSA) is 40.5 Å². The molecule has 0 saturated heterocycles. The molecule has 0 radical (unpaired) electrons. The molecule has 0 heterocycles. The summed E-state index contributed by atoms with van der Waals surface area (Å²) in [6.07, 6.45) is 0. The van der Waals surface area contributed by atoms with Gasteiger partial charge in [0.1, 0.15) is 0 Å². The van der Waals surface area contributed by atoms with Gasteiger partial charge in [-0.3, -0.25) is 4.90 Å². The Hall–Kier alpha value is -0.870. The first-order valence-electron chi connectivity index (χ1n) is 7.03. The molecule has 0 aromatic heterocycles. The van der Waals surface area contributed by atoms with Crippen molar-refractivity contribution in [3.05, 3.63) is 33.8 Å². The smallest absolute Gasteiger partial charge is 0.335 e. The molecule has 1 N–H and O–H groups in total. The van der Waals surface area contributed by atoms with Crippen LogP contribution in [0, 0.1) is 11.8 Å². The largest absolute Gasteiger partial charge is 0.478 e. The number of carbonyl (C=O) groups is 1. The fraction of sp³-hybridized carbons (Fsp3) is 0.562. The van der Waals surface area contributed by atoms with E-state index in [1.807, 2.05) is 6.07 Å². The molecule has 0 aliphatic rings. The molecule has 0 fully saturated rings. The van der Waals surface area contributed by atoms with Crippen LogP contribution in [0.1, 0.15) is 43.6 Å². The molecule has 20 heavy (non-hydrogen) atoms. The third kappa shape index (κ3) is 5.63. The van der Waals surface area contributed by atoms with Crippen molar-refractivity contribution in [1.82, 2.24) is 4.90 Å². The number of hydrogen-bond donors (Lipinski definition) is 1. The summed E-state index contributed by atoms with van der Waals surface area (Å²) in [4.78, 5) is 13.4. The summed E-state index contributed by atoms with van der Waals surface area (Å²) in [6, 6.07) is 5.26. The summed E-state index contributed by atoms with van der Waals surface area (Å²) in [5, 5.41) is 8.99. The van der Waals surface area contributed by atoms with Crippen molar-refractivity contribution in [2.75, 3.05) is 13.1 Å². The highest BCUT2D eigenvalue weighted by Crippen LogP contribution is 2.21. The Kier molecular flexibility index (Phi) is 6.69. The van der Waals surface area contributed by atoms with E-state index in [-0.39, 0.29) is 0 Å². The normalized spacial score (nSPS) is 11.6. The molecule has 0 aliphatic carbocycles. The van der Waals surface area contributed by atoms with Crippen LogP contribution in [0.3, 0.4) is 0 Å². The third-order valence-electron chi connectivity index (χ3n) is 2.94. The lowest BCUT2D eigenvalue weighted by molar-refractivity contribution is 0.0697. The molecule has 0 unspecified atom stereocenters. The molecule has 4 heteroatoms. The molecule has 0 atom stereocenters. The van der Waals surface area contributed by atoms with Crippen LogP contribution in [0.5, 0.6) is 0 Å². The van der Waals surface area contributed by atoms with Gasteiger partial charge in [-0.15, -0.1) is 0 Å². The van der Waals surface area contributed by atoms with Crippen LogP contribution >= 0.6 is 15.9 Å². The van der Waals surface area contributed by atoms with E-state index in [2.05, 4.69) is 48.5 Å². The zero-order chi connectivity index (χ0) is 15.3. The third-order valence-corrected chi connectivity index (χ3v) is 3.68. The van der Waals surface area contributed by atoms with Gasteiger partial charge in [-0.1, -0.05) is 49.7 Å². The minimum Gasteiger partial charge on any atom is -0.478 e. The minimum absolute atomic E-state index is 0.319. The van der Waals surface area contributed by atoms with Crippen molar-refractivity contribution in [2.24, 2.45) is 11.8 Å². The van der Waals surface area contributed by atoms with E-state index in [1.165, 1.54) is 0 Å². The summed E-state index contributed by atoms with van der Waals surface area (Å²) in [7, 11) is 0.